The first kappa shape index (κ1) is 13.0. The number of amides is 1. The first-order valence-corrected chi connectivity index (χ1v) is 8.49. The van der Waals surface area contributed by atoms with E-state index < -0.39 is 0 Å². The van der Waals surface area contributed by atoms with Crippen LogP contribution in [0.5, 0.6) is 0 Å². The second-order valence-corrected chi connectivity index (χ2v) is 6.87. The van der Waals surface area contributed by atoms with Crippen LogP contribution in [0.3, 0.4) is 0 Å². The van der Waals surface area contributed by atoms with Crippen molar-refractivity contribution in [3.05, 3.63) is 27.5 Å². The molecule has 4 rings (SSSR count). The monoisotopic (exact) mass is 302 g/mol. The molecule has 2 heterocycles. The van der Waals surface area contributed by atoms with E-state index in [1.54, 1.807) is 11.3 Å². The second kappa shape index (κ2) is 5.26. The largest absolute Gasteiger partial charge is 0.296 e. The molecule has 0 bridgehead atoms. The fourth-order valence-corrected chi connectivity index (χ4v) is 4.29. The molecule has 0 atom stereocenters. The molecule has 0 saturated carbocycles. The van der Waals surface area contributed by atoms with Crippen LogP contribution >= 0.6 is 11.3 Å². The molecule has 2 aliphatic carbocycles. The Morgan fingerprint density at radius 1 is 1.10 bits per heavy atom. The first-order valence-electron chi connectivity index (χ1n) is 7.67. The molecule has 5 nitrogen and oxygen atoms in total. The standard InChI is InChI=1S/C15H18N4OS/c20-14(13-9-5-4-7-10(9)18-19-13)17-15-16-11-6-2-1-3-8-12(11)21-15/h1-8H2,(H,18,19)(H,16,17,20). The van der Waals surface area contributed by atoms with Crippen LogP contribution in [-0.2, 0) is 25.7 Å². The molecule has 0 fully saturated rings. The quantitative estimate of drug-likeness (QED) is 0.838. The zero-order chi connectivity index (χ0) is 14.2. The van der Waals surface area contributed by atoms with Crippen molar-refractivity contribution in [2.24, 2.45) is 0 Å². The Balaban J connectivity index is 1.54. The Bertz CT molecular complexity index is 664. The zero-order valence-corrected chi connectivity index (χ0v) is 12.7. The topological polar surface area (TPSA) is 70.7 Å². The van der Waals surface area contributed by atoms with Gasteiger partial charge in [0.15, 0.2) is 10.8 Å². The maximum atomic E-state index is 12.4. The van der Waals surface area contributed by atoms with Gasteiger partial charge in [-0.3, -0.25) is 15.2 Å². The lowest BCUT2D eigenvalue weighted by molar-refractivity contribution is 0.102. The molecular weight excluding hydrogens is 284 g/mol. The number of hydrogen-bond acceptors (Lipinski definition) is 4. The molecule has 21 heavy (non-hydrogen) atoms. The van der Waals surface area contributed by atoms with E-state index in [0.717, 1.165) is 48.5 Å². The zero-order valence-electron chi connectivity index (χ0n) is 11.9. The Morgan fingerprint density at radius 3 is 2.95 bits per heavy atom. The number of hydrogen-bond donors (Lipinski definition) is 2. The van der Waals surface area contributed by atoms with Gasteiger partial charge < -0.3 is 0 Å². The Kier molecular flexibility index (Phi) is 3.25. The van der Waals surface area contributed by atoms with Gasteiger partial charge in [0.05, 0.1) is 5.69 Å². The minimum atomic E-state index is -0.127. The lowest BCUT2D eigenvalue weighted by atomic mass is 10.2. The Morgan fingerprint density at radius 2 is 2.00 bits per heavy atom. The van der Waals surface area contributed by atoms with Crippen molar-refractivity contribution in [2.45, 2.75) is 51.4 Å². The lowest BCUT2D eigenvalue weighted by Gasteiger charge is -2.00. The van der Waals surface area contributed by atoms with Gasteiger partial charge >= 0.3 is 0 Å². The van der Waals surface area contributed by atoms with Gasteiger partial charge in [-0.05, 0) is 44.9 Å². The number of thiazole rings is 1. The molecule has 2 N–H and O–H groups in total. The lowest BCUT2D eigenvalue weighted by Crippen LogP contribution is -2.14. The van der Waals surface area contributed by atoms with Crippen molar-refractivity contribution in [1.82, 2.24) is 15.2 Å². The van der Waals surface area contributed by atoms with Crippen LogP contribution in [0.25, 0.3) is 0 Å². The van der Waals surface area contributed by atoms with Crippen LogP contribution in [-0.4, -0.2) is 21.1 Å². The van der Waals surface area contributed by atoms with Crippen molar-refractivity contribution >= 4 is 22.4 Å². The van der Waals surface area contributed by atoms with Crippen molar-refractivity contribution < 1.29 is 4.79 Å². The summed E-state index contributed by atoms with van der Waals surface area (Å²) in [7, 11) is 0. The van der Waals surface area contributed by atoms with E-state index in [1.807, 2.05) is 0 Å². The van der Waals surface area contributed by atoms with E-state index in [0.29, 0.717) is 5.69 Å². The molecule has 2 aromatic heterocycles. The predicted octanol–water partition coefficient (Wildman–Crippen LogP) is 2.88. The van der Waals surface area contributed by atoms with E-state index in [4.69, 9.17) is 0 Å². The van der Waals surface area contributed by atoms with E-state index in [9.17, 15) is 4.79 Å². The summed E-state index contributed by atoms with van der Waals surface area (Å²) in [6.45, 7) is 0. The normalized spacial score (nSPS) is 17.1. The van der Waals surface area contributed by atoms with Gasteiger partial charge in [0, 0.05) is 16.1 Å². The highest BCUT2D eigenvalue weighted by Gasteiger charge is 2.24. The number of aromatic nitrogens is 3. The SMILES string of the molecule is O=C(Nc1nc2c(s1)CCCCC2)c1n[nH]c2c1CCC2. The van der Waals surface area contributed by atoms with E-state index in [2.05, 4.69) is 20.5 Å². The van der Waals surface area contributed by atoms with Crippen molar-refractivity contribution in [1.29, 1.82) is 0 Å². The summed E-state index contributed by atoms with van der Waals surface area (Å²) >= 11 is 1.63. The van der Waals surface area contributed by atoms with Gasteiger partial charge in [0.1, 0.15) is 0 Å². The number of nitrogens with one attached hydrogen (secondary N) is 2. The van der Waals surface area contributed by atoms with Gasteiger partial charge in [-0.2, -0.15) is 5.10 Å². The number of anilines is 1. The highest BCUT2D eigenvalue weighted by Crippen LogP contribution is 2.30. The van der Waals surface area contributed by atoms with E-state index in [1.165, 1.54) is 29.8 Å². The summed E-state index contributed by atoms with van der Waals surface area (Å²) in [6.07, 6.45) is 8.91. The highest BCUT2D eigenvalue weighted by atomic mass is 32.1. The molecule has 1 amide bonds. The van der Waals surface area contributed by atoms with E-state index >= 15 is 0 Å². The average molecular weight is 302 g/mol. The van der Waals surface area contributed by atoms with Crippen LogP contribution in [0.2, 0.25) is 0 Å². The van der Waals surface area contributed by atoms with Crippen molar-refractivity contribution in [2.75, 3.05) is 5.32 Å². The van der Waals surface area contributed by atoms with Crippen LogP contribution in [0, 0.1) is 0 Å². The molecular formula is C15H18N4OS. The average Bonchev–Trinajstić information content (AvgIpc) is 3.11. The number of fused-ring (bicyclic) bond motifs is 2. The van der Waals surface area contributed by atoms with Gasteiger partial charge in [0.25, 0.3) is 5.91 Å². The smallest absolute Gasteiger partial charge is 0.278 e. The van der Waals surface area contributed by atoms with Gasteiger partial charge in [-0.15, -0.1) is 11.3 Å². The maximum Gasteiger partial charge on any atom is 0.278 e. The summed E-state index contributed by atoms with van der Waals surface area (Å²) in [4.78, 5) is 18.3. The molecule has 6 heteroatoms. The molecule has 110 valence electrons. The molecule has 0 saturated heterocycles. The van der Waals surface area contributed by atoms with Gasteiger partial charge in [-0.1, -0.05) is 6.42 Å². The highest BCUT2D eigenvalue weighted by molar-refractivity contribution is 7.15. The molecule has 0 spiro atoms. The number of H-pyrrole nitrogens is 1. The molecule has 0 radical (unpaired) electrons. The number of aromatic amines is 1. The predicted molar refractivity (Wildman–Crippen MR) is 81.9 cm³/mol. The number of nitrogens with zero attached hydrogens (tertiary/aromatic N) is 2. The third-order valence-electron chi connectivity index (χ3n) is 4.34. The summed E-state index contributed by atoms with van der Waals surface area (Å²) in [5.41, 5.74) is 3.94. The molecule has 2 aliphatic rings. The summed E-state index contributed by atoms with van der Waals surface area (Å²) in [5, 5.41) is 10.8. The molecule has 0 aliphatic heterocycles. The Labute approximate surface area is 127 Å². The maximum absolute atomic E-state index is 12.4. The van der Waals surface area contributed by atoms with Crippen LogP contribution in [0.4, 0.5) is 5.13 Å². The van der Waals surface area contributed by atoms with Crippen LogP contribution in [0.1, 0.15) is 58.0 Å². The van der Waals surface area contributed by atoms with Gasteiger partial charge in [-0.25, -0.2) is 4.98 Å². The first-order chi connectivity index (χ1) is 10.3. The van der Waals surface area contributed by atoms with Crippen molar-refractivity contribution in [3.63, 3.8) is 0 Å². The number of carbonyl (C=O) groups excluding carboxylic acids is 1. The summed E-state index contributed by atoms with van der Waals surface area (Å²) in [6, 6.07) is 0. The summed E-state index contributed by atoms with van der Waals surface area (Å²) < 4.78 is 0. The third kappa shape index (κ3) is 2.37. The molecule has 0 unspecified atom stereocenters. The third-order valence-corrected chi connectivity index (χ3v) is 5.41. The minimum Gasteiger partial charge on any atom is -0.296 e. The van der Waals surface area contributed by atoms with Crippen LogP contribution < -0.4 is 5.32 Å². The number of carbonyl (C=O) groups is 1. The second-order valence-electron chi connectivity index (χ2n) is 5.79. The van der Waals surface area contributed by atoms with Crippen molar-refractivity contribution in [3.8, 4) is 0 Å². The van der Waals surface area contributed by atoms with Crippen LogP contribution in [0.15, 0.2) is 0 Å². The fourth-order valence-electron chi connectivity index (χ4n) is 3.25. The molecule has 0 aromatic carbocycles. The fraction of sp³-hybridized carbons (Fsp3) is 0.533. The number of aryl methyl sites for hydroxylation is 3. The minimum absolute atomic E-state index is 0.127. The van der Waals surface area contributed by atoms with E-state index in [-0.39, 0.29) is 5.91 Å². The number of rotatable bonds is 2. The van der Waals surface area contributed by atoms with Gasteiger partial charge in [0.2, 0.25) is 0 Å². The molecule has 2 aromatic rings. The summed E-state index contributed by atoms with van der Waals surface area (Å²) in [5.74, 6) is -0.127. The Hall–Kier alpha value is -1.69.